The van der Waals surface area contributed by atoms with Gasteiger partial charge in [0.1, 0.15) is 0 Å². The fourth-order valence-electron chi connectivity index (χ4n) is 2.13. The van der Waals surface area contributed by atoms with Crippen molar-refractivity contribution in [3.8, 4) is 0 Å². The molecule has 1 amide bonds. The smallest absolute Gasteiger partial charge is 0.338 e. The van der Waals surface area contributed by atoms with Gasteiger partial charge >= 0.3 is 5.97 Å². The molecule has 120 valence electrons. The van der Waals surface area contributed by atoms with Crippen LogP contribution in [0.15, 0.2) is 54.6 Å². The molecule has 0 fully saturated rings. The summed E-state index contributed by atoms with van der Waals surface area (Å²) in [5.41, 5.74) is 2.76. The van der Waals surface area contributed by atoms with Gasteiger partial charge in [0.05, 0.1) is 5.56 Å². The zero-order chi connectivity index (χ0) is 16.5. The Balaban J connectivity index is 1.70. The largest absolute Gasteiger partial charge is 0.452 e. The number of benzene rings is 2. The van der Waals surface area contributed by atoms with Crippen molar-refractivity contribution in [2.24, 2.45) is 0 Å². The van der Waals surface area contributed by atoms with Crippen molar-refractivity contribution in [1.82, 2.24) is 5.32 Å². The molecular weight excluding hydrogens is 290 g/mol. The highest BCUT2D eigenvalue weighted by Crippen LogP contribution is 2.06. The molecule has 0 aromatic heterocycles. The molecule has 0 heterocycles. The van der Waals surface area contributed by atoms with Crippen LogP contribution in [-0.4, -0.2) is 25.0 Å². The SMILES string of the molecule is CCc1ccc(C(=O)OCC(=O)NCCc2ccccc2)cc1. The molecule has 1 N–H and O–H groups in total. The highest BCUT2D eigenvalue weighted by Gasteiger charge is 2.09. The Bertz CT molecular complexity index is 635. The van der Waals surface area contributed by atoms with Crippen LogP contribution in [-0.2, 0) is 22.4 Å². The van der Waals surface area contributed by atoms with Gasteiger partial charge < -0.3 is 10.1 Å². The molecule has 4 heteroatoms. The zero-order valence-corrected chi connectivity index (χ0v) is 13.2. The van der Waals surface area contributed by atoms with Crippen molar-refractivity contribution >= 4 is 11.9 Å². The summed E-state index contributed by atoms with van der Waals surface area (Å²) >= 11 is 0. The van der Waals surface area contributed by atoms with E-state index in [-0.39, 0.29) is 12.5 Å². The number of aryl methyl sites for hydroxylation is 1. The summed E-state index contributed by atoms with van der Waals surface area (Å²) in [6.07, 6.45) is 1.66. The van der Waals surface area contributed by atoms with E-state index in [0.717, 1.165) is 24.0 Å². The fourth-order valence-corrected chi connectivity index (χ4v) is 2.13. The molecule has 0 unspecified atom stereocenters. The summed E-state index contributed by atoms with van der Waals surface area (Å²) in [5.74, 6) is -0.773. The Morgan fingerprint density at radius 2 is 1.65 bits per heavy atom. The Hall–Kier alpha value is -2.62. The van der Waals surface area contributed by atoms with E-state index in [4.69, 9.17) is 4.74 Å². The van der Waals surface area contributed by atoms with E-state index in [1.54, 1.807) is 12.1 Å². The summed E-state index contributed by atoms with van der Waals surface area (Å²) in [7, 11) is 0. The predicted octanol–water partition coefficient (Wildman–Crippen LogP) is 2.76. The lowest BCUT2D eigenvalue weighted by atomic mass is 10.1. The van der Waals surface area contributed by atoms with Crippen LogP contribution in [0.1, 0.15) is 28.4 Å². The van der Waals surface area contributed by atoms with E-state index in [2.05, 4.69) is 5.32 Å². The molecule has 0 aliphatic carbocycles. The van der Waals surface area contributed by atoms with Gasteiger partial charge in [0.25, 0.3) is 5.91 Å². The van der Waals surface area contributed by atoms with Gasteiger partial charge in [0.2, 0.25) is 0 Å². The minimum Gasteiger partial charge on any atom is -0.452 e. The maximum atomic E-state index is 11.8. The third kappa shape index (κ3) is 5.58. The van der Waals surface area contributed by atoms with Crippen molar-refractivity contribution in [1.29, 1.82) is 0 Å². The van der Waals surface area contributed by atoms with E-state index in [1.807, 2.05) is 49.4 Å². The first-order valence-corrected chi connectivity index (χ1v) is 7.75. The molecule has 2 rings (SSSR count). The highest BCUT2D eigenvalue weighted by molar-refractivity contribution is 5.91. The molecule has 0 spiro atoms. The van der Waals surface area contributed by atoms with E-state index >= 15 is 0 Å². The lowest BCUT2D eigenvalue weighted by molar-refractivity contribution is -0.124. The topological polar surface area (TPSA) is 55.4 Å². The number of carbonyl (C=O) groups excluding carboxylic acids is 2. The number of carbonyl (C=O) groups is 2. The average molecular weight is 311 g/mol. The average Bonchev–Trinajstić information content (AvgIpc) is 2.60. The molecular formula is C19H21NO3. The molecule has 0 bridgehead atoms. The first kappa shape index (κ1) is 16.7. The number of esters is 1. The molecule has 0 aliphatic rings. The summed E-state index contributed by atoms with van der Waals surface area (Å²) in [6.45, 7) is 2.31. The fraction of sp³-hybridized carbons (Fsp3) is 0.263. The Labute approximate surface area is 136 Å². The van der Waals surface area contributed by atoms with Crippen LogP contribution in [0, 0.1) is 0 Å². The molecule has 0 aliphatic heterocycles. The van der Waals surface area contributed by atoms with Crippen molar-refractivity contribution in [3.05, 3.63) is 71.3 Å². The summed E-state index contributed by atoms with van der Waals surface area (Å²) < 4.78 is 5.02. The van der Waals surface area contributed by atoms with Crippen LogP contribution in [0.3, 0.4) is 0 Å². The monoisotopic (exact) mass is 311 g/mol. The molecule has 4 nitrogen and oxygen atoms in total. The maximum Gasteiger partial charge on any atom is 0.338 e. The molecule has 0 atom stereocenters. The molecule has 0 saturated heterocycles. The summed E-state index contributed by atoms with van der Waals surface area (Å²) in [5, 5.41) is 2.74. The lowest BCUT2D eigenvalue weighted by Gasteiger charge is -2.07. The van der Waals surface area contributed by atoms with Crippen molar-refractivity contribution < 1.29 is 14.3 Å². The third-order valence-corrected chi connectivity index (χ3v) is 3.51. The van der Waals surface area contributed by atoms with Crippen molar-refractivity contribution in [2.45, 2.75) is 19.8 Å². The van der Waals surface area contributed by atoms with Gasteiger partial charge in [0.15, 0.2) is 6.61 Å². The van der Waals surface area contributed by atoms with Crippen LogP contribution in [0.5, 0.6) is 0 Å². The second-order valence-electron chi connectivity index (χ2n) is 5.21. The van der Waals surface area contributed by atoms with Gasteiger partial charge in [-0.1, -0.05) is 49.4 Å². The first-order chi connectivity index (χ1) is 11.2. The number of nitrogens with one attached hydrogen (secondary N) is 1. The second-order valence-corrected chi connectivity index (χ2v) is 5.21. The maximum absolute atomic E-state index is 11.8. The number of hydrogen-bond donors (Lipinski definition) is 1. The molecule has 2 aromatic carbocycles. The van der Waals surface area contributed by atoms with Gasteiger partial charge in [0, 0.05) is 6.54 Å². The standard InChI is InChI=1S/C19H21NO3/c1-2-15-8-10-17(11-9-15)19(22)23-14-18(21)20-13-12-16-6-4-3-5-7-16/h3-11H,2,12-14H2,1H3,(H,20,21). The van der Waals surface area contributed by atoms with Crippen molar-refractivity contribution in [3.63, 3.8) is 0 Å². The van der Waals surface area contributed by atoms with E-state index in [0.29, 0.717) is 12.1 Å². The predicted molar refractivity (Wildman–Crippen MR) is 89.3 cm³/mol. The Kier molecular flexibility index (Phi) is 6.36. The number of hydrogen-bond acceptors (Lipinski definition) is 3. The van der Waals surface area contributed by atoms with Gasteiger partial charge in [-0.15, -0.1) is 0 Å². The third-order valence-electron chi connectivity index (χ3n) is 3.51. The van der Waals surface area contributed by atoms with Crippen LogP contribution in [0.4, 0.5) is 0 Å². The minimum atomic E-state index is -0.481. The second kappa shape index (κ2) is 8.73. The van der Waals surface area contributed by atoms with E-state index in [9.17, 15) is 9.59 Å². The number of amides is 1. The molecule has 0 radical (unpaired) electrons. The van der Waals surface area contributed by atoms with Crippen LogP contribution in [0.2, 0.25) is 0 Å². The minimum absolute atomic E-state index is 0.261. The van der Waals surface area contributed by atoms with Gasteiger partial charge in [-0.25, -0.2) is 4.79 Å². The van der Waals surface area contributed by atoms with Crippen LogP contribution in [0.25, 0.3) is 0 Å². The van der Waals surface area contributed by atoms with Crippen LogP contribution >= 0.6 is 0 Å². The molecule has 2 aromatic rings. The number of rotatable bonds is 7. The quantitative estimate of drug-likeness (QED) is 0.800. The summed E-state index contributed by atoms with van der Waals surface area (Å²) in [6, 6.07) is 17.1. The van der Waals surface area contributed by atoms with Crippen LogP contribution < -0.4 is 5.32 Å². The Morgan fingerprint density at radius 3 is 2.30 bits per heavy atom. The van der Waals surface area contributed by atoms with Gasteiger partial charge in [-0.2, -0.15) is 0 Å². The van der Waals surface area contributed by atoms with Gasteiger partial charge in [-0.05, 0) is 36.1 Å². The normalized spacial score (nSPS) is 10.1. The number of ether oxygens (including phenoxy) is 1. The van der Waals surface area contributed by atoms with Gasteiger partial charge in [-0.3, -0.25) is 4.79 Å². The first-order valence-electron chi connectivity index (χ1n) is 7.75. The zero-order valence-electron chi connectivity index (χ0n) is 13.2. The highest BCUT2D eigenvalue weighted by atomic mass is 16.5. The summed E-state index contributed by atoms with van der Waals surface area (Å²) in [4.78, 5) is 23.5. The molecule has 23 heavy (non-hydrogen) atoms. The van der Waals surface area contributed by atoms with Crippen molar-refractivity contribution in [2.75, 3.05) is 13.2 Å². The van der Waals surface area contributed by atoms with E-state index < -0.39 is 5.97 Å². The molecule has 0 saturated carbocycles. The lowest BCUT2D eigenvalue weighted by Crippen LogP contribution is -2.30. The van der Waals surface area contributed by atoms with E-state index in [1.165, 1.54) is 0 Å². The Morgan fingerprint density at radius 1 is 0.957 bits per heavy atom.